The summed E-state index contributed by atoms with van der Waals surface area (Å²) >= 11 is 0. The topological polar surface area (TPSA) is 221 Å². The monoisotopic (exact) mass is 558 g/mol. The Bertz CT molecular complexity index is 1210. The molecule has 0 aliphatic carbocycles. The second-order valence-corrected chi connectivity index (χ2v) is 10.0. The van der Waals surface area contributed by atoms with Crippen LogP contribution >= 0.6 is 0 Å². The number of carboxylic acid groups (broad SMARTS) is 2. The van der Waals surface area contributed by atoms with Crippen molar-refractivity contribution in [1.82, 2.24) is 20.5 Å². The Balaban J connectivity index is 1.79. The number of benzene rings is 1. The van der Waals surface area contributed by atoms with Crippen LogP contribution in [0.25, 0.3) is 10.9 Å². The van der Waals surface area contributed by atoms with Gasteiger partial charge in [-0.15, -0.1) is 0 Å². The van der Waals surface area contributed by atoms with E-state index in [1.807, 2.05) is 24.3 Å². The number of rotatable bonds is 15. The molecule has 13 nitrogen and oxygen atoms in total. The summed E-state index contributed by atoms with van der Waals surface area (Å²) in [6.07, 6.45) is 3.82. The van der Waals surface area contributed by atoms with Crippen molar-refractivity contribution in [1.29, 1.82) is 0 Å². The molecule has 0 saturated carbocycles. The lowest BCUT2D eigenvalue weighted by Gasteiger charge is -2.28. The Kier molecular flexibility index (Phi) is 11.0. The van der Waals surface area contributed by atoms with Gasteiger partial charge in [0.25, 0.3) is 0 Å². The third-order valence-corrected chi connectivity index (χ3v) is 7.12. The number of hydrogen-bond acceptors (Lipinski definition) is 7. The van der Waals surface area contributed by atoms with E-state index in [-0.39, 0.29) is 18.7 Å². The molecule has 218 valence electrons. The van der Waals surface area contributed by atoms with E-state index in [0.29, 0.717) is 38.8 Å². The molecule has 1 aromatic heterocycles. The highest BCUT2D eigenvalue weighted by Crippen LogP contribution is 2.22. The minimum atomic E-state index is -1.46. The number of carboxylic acids is 2. The van der Waals surface area contributed by atoms with Gasteiger partial charge in [-0.25, -0.2) is 4.79 Å². The van der Waals surface area contributed by atoms with Crippen LogP contribution in [0, 0.1) is 0 Å². The number of para-hydroxylation sites is 1. The summed E-state index contributed by atoms with van der Waals surface area (Å²) in [7, 11) is 0. The highest BCUT2D eigenvalue weighted by atomic mass is 16.4. The van der Waals surface area contributed by atoms with Crippen molar-refractivity contribution in [3.05, 3.63) is 36.0 Å². The average molecular weight is 559 g/mol. The smallest absolute Gasteiger partial charge is 0.326 e. The maximum atomic E-state index is 13.4. The number of carbonyl (C=O) groups is 5. The van der Waals surface area contributed by atoms with Gasteiger partial charge in [0.1, 0.15) is 18.1 Å². The third kappa shape index (κ3) is 8.02. The quantitative estimate of drug-likeness (QED) is 0.147. The summed E-state index contributed by atoms with van der Waals surface area (Å²) in [5, 5.41) is 24.4. The third-order valence-electron chi connectivity index (χ3n) is 7.12. The van der Waals surface area contributed by atoms with Crippen molar-refractivity contribution in [2.24, 2.45) is 11.5 Å². The van der Waals surface area contributed by atoms with Gasteiger partial charge >= 0.3 is 11.9 Å². The predicted molar refractivity (Wildman–Crippen MR) is 146 cm³/mol. The molecule has 1 saturated heterocycles. The molecule has 1 aliphatic heterocycles. The zero-order valence-electron chi connectivity index (χ0n) is 22.3. The van der Waals surface area contributed by atoms with Crippen molar-refractivity contribution in [2.45, 2.75) is 75.5 Å². The molecule has 2 aromatic rings. The van der Waals surface area contributed by atoms with E-state index in [1.165, 1.54) is 4.90 Å². The van der Waals surface area contributed by atoms with Gasteiger partial charge in [-0.3, -0.25) is 19.2 Å². The van der Waals surface area contributed by atoms with E-state index in [9.17, 15) is 29.1 Å². The first kappa shape index (κ1) is 30.6. The number of nitrogens with one attached hydrogen (secondary N) is 3. The number of H-pyrrole nitrogens is 1. The van der Waals surface area contributed by atoms with Crippen LogP contribution in [0.5, 0.6) is 0 Å². The number of amides is 3. The highest BCUT2D eigenvalue weighted by Gasteiger charge is 2.38. The summed E-state index contributed by atoms with van der Waals surface area (Å²) in [5.41, 5.74) is 13.2. The van der Waals surface area contributed by atoms with E-state index in [4.69, 9.17) is 16.6 Å². The maximum absolute atomic E-state index is 13.4. The Hall–Kier alpha value is -3.97. The molecule has 3 amide bonds. The molecule has 3 rings (SSSR count). The van der Waals surface area contributed by atoms with Crippen LogP contribution in [0.1, 0.15) is 50.5 Å². The van der Waals surface area contributed by atoms with E-state index < -0.39 is 54.3 Å². The van der Waals surface area contributed by atoms with Crippen molar-refractivity contribution >= 4 is 40.6 Å². The summed E-state index contributed by atoms with van der Waals surface area (Å²) in [6, 6.07) is 3.16. The van der Waals surface area contributed by atoms with Gasteiger partial charge in [0.2, 0.25) is 17.7 Å². The largest absolute Gasteiger partial charge is 0.481 e. The fourth-order valence-electron chi connectivity index (χ4n) is 4.94. The molecule has 9 N–H and O–H groups in total. The number of unbranched alkanes of at least 4 members (excludes halogenated alkanes) is 1. The first-order valence-corrected chi connectivity index (χ1v) is 13.5. The van der Waals surface area contributed by atoms with Crippen molar-refractivity contribution in [2.75, 3.05) is 13.1 Å². The number of likely N-dealkylation sites (tertiary alicyclic amines) is 1. The minimum absolute atomic E-state index is 0.0339. The average Bonchev–Trinajstić information content (AvgIpc) is 3.57. The molecule has 4 unspecified atom stereocenters. The highest BCUT2D eigenvalue weighted by molar-refractivity contribution is 5.95. The molecule has 0 radical (unpaired) electrons. The summed E-state index contributed by atoms with van der Waals surface area (Å²) < 4.78 is 0. The number of nitrogens with zero attached hydrogens (tertiary/aromatic N) is 1. The van der Waals surface area contributed by atoms with E-state index in [2.05, 4.69) is 15.6 Å². The van der Waals surface area contributed by atoms with Gasteiger partial charge in [-0.2, -0.15) is 0 Å². The second-order valence-electron chi connectivity index (χ2n) is 10.0. The van der Waals surface area contributed by atoms with Gasteiger partial charge in [-0.1, -0.05) is 24.6 Å². The number of nitrogens with two attached hydrogens (primary N) is 2. The Morgan fingerprint density at radius 1 is 1.05 bits per heavy atom. The zero-order chi connectivity index (χ0) is 29.2. The van der Waals surface area contributed by atoms with Crippen LogP contribution in [-0.4, -0.2) is 87.0 Å². The molecular formula is C27H38N6O7. The van der Waals surface area contributed by atoms with Gasteiger partial charge in [-0.05, 0) is 50.3 Å². The van der Waals surface area contributed by atoms with Crippen molar-refractivity contribution < 1.29 is 34.2 Å². The van der Waals surface area contributed by atoms with Crippen LogP contribution in [-0.2, 0) is 30.4 Å². The molecule has 2 heterocycles. The van der Waals surface area contributed by atoms with Crippen LogP contribution < -0.4 is 22.1 Å². The first-order chi connectivity index (χ1) is 19.1. The van der Waals surface area contributed by atoms with Crippen molar-refractivity contribution in [3.8, 4) is 0 Å². The normalized spacial score (nSPS) is 17.2. The number of aromatic nitrogens is 1. The van der Waals surface area contributed by atoms with Crippen LogP contribution in [0.3, 0.4) is 0 Å². The zero-order valence-corrected chi connectivity index (χ0v) is 22.3. The van der Waals surface area contributed by atoms with Crippen LogP contribution in [0.15, 0.2) is 30.5 Å². The minimum Gasteiger partial charge on any atom is -0.481 e. The van der Waals surface area contributed by atoms with E-state index >= 15 is 0 Å². The first-order valence-electron chi connectivity index (χ1n) is 13.5. The van der Waals surface area contributed by atoms with Gasteiger partial charge in [0.05, 0.1) is 6.04 Å². The Labute approximate surface area is 231 Å². The van der Waals surface area contributed by atoms with Gasteiger partial charge in [0.15, 0.2) is 0 Å². The number of aromatic amines is 1. The lowest BCUT2D eigenvalue weighted by molar-refractivity contribution is -0.144. The van der Waals surface area contributed by atoms with Crippen LogP contribution in [0.4, 0.5) is 0 Å². The number of aliphatic carboxylic acids is 2. The molecule has 4 atom stereocenters. The summed E-state index contributed by atoms with van der Waals surface area (Å²) in [6.45, 7) is 0.853. The molecule has 1 aliphatic rings. The molecule has 0 spiro atoms. The van der Waals surface area contributed by atoms with E-state index in [1.54, 1.807) is 6.20 Å². The Morgan fingerprint density at radius 3 is 2.50 bits per heavy atom. The summed E-state index contributed by atoms with van der Waals surface area (Å²) in [5.74, 6) is -4.24. The van der Waals surface area contributed by atoms with Crippen molar-refractivity contribution in [3.63, 3.8) is 0 Å². The van der Waals surface area contributed by atoms with Gasteiger partial charge < -0.3 is 42.2 Å². The predicted octanol–water partition coefficient (Wildman–Crippen LogP) is 0.0767. The fraction of sp³-hybridized carbons (Fsp3) is 0.519. The lowest BCUT2D eigenvalue weighted by atomic mass is 10.0. The molecule has 40 heavy (non-hydrogen) atoms. The fourth-order valence-corrected chi connectivity index (χ4v) is 4.94. The molecule has 0 bridgehead atoms. The number of carbonyl (C=O) groups excluding carboxylic acids is 3. The second kappa shape index (κ2) is 14.4. The Morgan fingerprint density at radius 2 is 1.80 bits per heavy atom. The maximum Gasteiger partial charge on any atom is 0.326 e. The molecule has 1 aromatic carbocycles. The molecule has 13 heteroatoms. The summed E-state index contributed by atoms with van der Waals surface area (Å²) in [4.78, 5) is 67.0. The van der Waals surface area contributed by atoms with E-state index in [0.717, 1.165) is 22.9 Å². The molecule has 1 fully saturated rings. The standard InChI is InChI=1S/C27H38N6O7/c28-12-4-3-7-18(29)26(38)33-13-5-9-22(33)25(37)32-21(14-16-15-30-19-8-2-1-6-17(16)19)24(36)31-20(27(39)40)10-11-23(34)35/h1-2,6,8,15,18,20-22,30H,3-5,7,9-14,28-29H2,(H,31,36)(H,32,37)(H,34,35)(H,39,40). The molecular weight excluding hydrogens is 520 g/mol. The SMILES string of the molecule is NCCCCC(N)C(=O)N1CCCC1C(=O)NC(Cc1c[nH]c2ccccc12)C(=O)NC(CCC(=O)O)C(=O)O. The van der Waals surface area contributed by atoms with Crippen LogP contribution in [0.2, 0.25) is 0 Å². The number of hydrogen-bond donors (Lipinski definition) is 7. The lowest BCUT2D eigenvalue weighted by Crippen LogP contribution is -2.57. The van der Waals surface area contributed by atoms with Gasteiger partial charge in [0, 0.05) is 36.5 Å². The number of fused-ring (bicyclic) bond motifs is 1.